The molecule has 3 nitrogen and oxygen atoms in total. The second-order valence-electron chi connectivity index (χ2n) is 7.23. The van der Waals surface area contributed by atoms with Gasteiger partial charge in [-0.3, -0.25) is 4.79 Å². The Bertz CT molecular complexity index is 540. The first kappa shape index (κ1) is 12.2. The summed E-state index contributed by atoms with van der Waals surface area (Å²) >= 11 is 0. The summed E-state index contributed by atoms with van der Waals surface area (Å²) in [6, 6.07) is 4.27. The number of rotatable bonds is 2. The first-order valence-corrected chi connectivity index (χ1v) is 7.62. The molecule has 0 amide bonds. The first-order valence-electron chi connectivity index (χ1n) is 7.62. The number of hydrogen-bond acceptors (Lipinski definition) is 3. The summed E-state index contributed by atoms with van der Waals surface area (Å²) in [4.78, 5) is 13.0. The van der Waals surface area contributed by atoms with Crippen LogP contribution in [0, 0.1) is 23.2 Å². The number of ketones is 1. The van der Waals surface area contributed by atoms with E-state index in [4.69, 9.17) is 0 Å². The molecule has 5 rings (SSSR count). The molecule has 0 aliphatic heterocycles. The Labute approximate surface area is 118 Å². The molecule has 0 atom stereocenters. The third-order valence-corrected chi connectivity index (χ3v) is 5.74. The fraction of sp³-hybridized carbons (Fsp3) is 0.588. The van der Waals surface area contributed by atoms with E-state index < -0.39 is 0 Å². The van der Waals surface area contributed by atoms with Gasteiger partial charge in [-0.1, -0.05) is 0 Å². The molecule has 2 N–H and O–H groups in total. The van der Waals surface area contributed by atoms with Gasteiger partial charge in [0.15, 0.2) is 5.78 Å². The Morgan fingerprint density at radius 1 is 1.00 bits per heavy atom. The minimum atomic E-state index is -0.264. The van der Waals surface area contributed by atoms with Gasteiger partial charge in [0.1, 0.15) is 11.5 Å². The van der Waals surface area contributed by atoms with Crippen molar-refractivity contribution in [3.05, 3.63) is 23.8 Å². The number of hydrogen-bond donors (Lipinski definition) is 2. The third-order valence-electron chi connectivity index (χ3n) is 5.74. The van der Waals surface area contributed by atoms with E-state index in [2.05, 4.69) is 0 Å². The van der Waals surface area contributed by atoms with Crippen molar-refractivity contribution in [1.82, 2.24) is 0 Å². The van der Waals surface area contributed by atoms with Gasteiger partial charge in [0.25, 0.3) is 0 Å². The van der Waals surface area contributed by atoms with Crippen molar-refractivity contribution >= 4 is 5.78 Å². The van der Waals surface area contributed by atoms with E-state index in [-0.39, 0.29) is 22.7 Å². The monoisotopic (exact) mass is 272 g/mol. The summed E-state index contributed by atoms with van der Waals surface area (Å²) in [6.45, 7) is 0. The van der Waals surface area contributed by atoms with E-state index in [0.717, 1.165) is 19.3 Å². The topological polar surface area (TPSA) is 57.5 Å². The van der Waals surface area contributed by atoms with Crippen molar-refractivity contribution in [1.29, 1.82) is 0 Å². The molecule has 4 aliphatic carbocycles. The van der Waals surface area contributed by atoms with Gasteiger partial charge in [0.05, 0.1) is 5.56 Å². The highest BCUT2D eigenvalue weighted by Crippen LogP contribution is 2.61. The molecule has 4 saturated carbocycles. The summed E-state index contributed by atoms with van der Waals surface area (Å²) in [7, 11) is 0. The predicted octanol–water partition coefficient (Wildman–Crippen LogP) is 3.50. The maximum absolute atomic E-state index is 13.0. The van der Waals surface area contributed by atoms with Crippen molar-refractivity contribution in [3.63, 3.8) is 0 Å². The number of Topliss-reactive ketones (excluding diaryl/α,β-unsaturated/α-hetero) is 1. The molecule has 4 aliphatic rings. The Morgan fingerprint density at radius 3 is 2.10 bits per heavy atom. The predicted molar refractivity (Wildman–Crippen MR) is 74.7 cm³/mol. The van der Waals surface area contributed by atoms with Crippen molar-refractivity contribution in [2.24, 2.45) is 23.2 Å². The number of carbonyl (C=O) groups excluding carboxylic acids is 1. The molecule has 20 heavy (non-hydrogen) atoms. The molecule has 0 spiro atoms. The number of phenolic OH excluding ortho intramolecular Hbond substituents is 2. The van der Waals surface area contributed by atoms with Crippen molar-refractivity contribution in [2.75, 3.05) is 0 Å². The Balaban J connectivity index is 1.73. The molecular weight excluding hydrogens is 252 g/mol. The average molecular weight is 272 g/mol. The molecule has 1 aromatic carbocycles. The normalized spacial score (nSPS) is 38.1. The lowest BCUT2D eigenvalue weighted by Gasteiger charge is -2.55. The lowest BCUT2D eigenvalue weighted by Crippen LogP contribution is -2.50. The van der Waals surface area contributed by atoms with Crippen molar-refractivity contribution in [3.8, 4) is 11.5 Å². The first-order chi connectivity index (χ1) is 9.56. The van der Waals surface area contributed by atoms with Crippen LogP contribution in [0.3, 0.4) is 0 Å². The Kier molecular flexibility index (Phi) is 2.45. The van der Waals surface area contributed by atoms with Crippen LogP contribution in [-0.4, -0.2) is 16.0 Å². The van der Waals surface area contributed by atoms with Crippen LogP contribution in [0.15, 0.2) is 18.2 Å². The number of aromatic hydroxyl groups is 2. The van der Waals surface area contributed by atoms with Crippen molar-refractivity contribution in [2.45, 2.75) is 38.5 Å². The molecule has 0 aromatic heterocycles. The van der Waals surface area contributed by atoms with Crippen LogP contribution in [0.2, 0.25) is 0 Å². The molecular formula is C17H20O3. The molecule has 106 valence electrons. The maximum atomic E-state index is 13.0. The van der Waals surface area contributed by atoms with Gasteiger partial charge in [-0.15, -0.1) is 0 Å². The zero-order valence-corrected chi connectivity index (χ0v) is 11.5. The zero-order chi connectivity index (χ0) is 13.9. The number of phenols is 2. The van der Waals surface area contributed by atoms with Crippen molar-refractivity contribution < 1.29 is 15.0 Å². The van der Waals surface area contributed by atoms with Gasteiger partial charge in [0.2, 0.25) is 0 Å². The van der Waals surface area contributed by atoms with Crippen LogP contribution >= 0.6 is 0 Å². The number of benzene rings is 1. The lowest BCUT2D eigenvalue weighted by molar-refractivity contribution is -0.0354. The van der Waals surface area contributed by atoms with E-state index >= 15 is 0 Å². The van der Waals surface area contributed by atoms with Crippen LogP contribution < -0.4 is 0 Å². The second-order valence-corrected chi connectivity index (χ2v) is 7.23. The Morgan fingerprint density at radius 2 is 1.55 bits per heavy atom. The highest BCUT2D eigenvalue weighted by atomic mass is 16.3. The lowest BCUT2D eigenvalue weighted by atomic mass is 9.48. The van der Waals surface area contributed by atoms with Crippen LogP contribution in [0.1, 0.15) is 48.9 Å². The molecule has 3 heteroatoms. The van der Waals surface area contributed by atoms with E-state index in [1.54, 1.807) is 0 Å². The van der Waals surface area contributed by atoms with E-state index in [1.165, 1.54) is 37.5 Å². The molecule has 0 unspecified atom stereocenters. The van der Waals surface area contributed by atoms with E-state index in [1.807, 2.05) is 0 Å². The maximum Gasteiger partial charge on any atom is 0.172 e. The molecule has 0 radical (unpaired) electrons. The average Bonchev–Trinajstić information content (AvgIpc) is 2.39. The van der Waals surface area contributed by atoms with Gasteiger partial charge in [-0.25, -0.2) is 0 Å². The summed E-state index contributed by atoms with van der Waals surface area (Å²) < 4.78 is 0. The zero-order valence-electron chi connectivity index (χ0n) is 11.5. The third kappa shape index (κ3) is 1.68. The van der Waals surface area contributed by atoms with E-state index in [9.17, 15) is 15.0 Å². The standard InChI is InChI=1S/C17H20O3/c18-13-1-2-15(19)14(6-13)16(20)17-7-10-3-11(8-17)5-12(4-10)9-17/h1-2,6,10-12,18-19H,3-5,7-9H2. The highest BCUT2D eigenvalue weighted by molar-refractivity contribution is 6.03. The molecule has 4 fully saturated rings. The van der Waals surface area contributed by atoms with Crippen LogP contribution in [0.5, 0.6) is 11.5 Å². The largest absolute Gasteiger partial charge is 0.508 e. The molecule has 0 saturated heterocycles. The quantitative estimate of drug-likeness (QED) is 0.640. The summed E-state index contributed by atoms with van der Waals surface area (Å²) in [6.07, 6.45) is 6.81. The summed E-state index contributed by atoms with van der Waals surface area (Å²) in [5, 5.41) is 19.6. The second kappa shape index (κ2) is 4.00. The van der Waals surface area contributed by atoms with E-state index in [0.29, 0.717) is 23.3 Å². The molecule has 1 aromatic rings. The molecule has 4 bridgehead atoms. The fourth-order valence-electron chi connectivity index (χ4n) is 5.38. The smallest absolute Gasteiger partial charge is 0.172 e. The molecule has 0 heterocycles. The highest BCUT2D eigenvalue weighted by Gasteiger charge is 2.54. The van der Waals surface area contributed by atoms with Gasteiger partial charge < -0.3 is 10.2 Å². The summed E-state index contributed by atoms with van der Waals surface area (Å²) in [5.41, 5.74) is 0.0481. The minimum absolute atomic E-state index is 0.00328. The minimum Gasteiger partial charge on any atom is -0.508 e. The van der Waals surface area contributed by atoms with Gasteiger partial charge in [-0.2, -0.15) is 0 Å². The van der Waals surface area contributed by atoms with Gasteiger partial charge in [-0.05, 0) is 74.5 Å². The summed E-state index contributed by atoms with van der Waals surface area (Å²) in [5.74, 6) is 2.21. The van der Waals surface area contributed by atoms with Gasteiger partial charge in [0, 0.05) is 5.41 Å². The SMILES string of the molecule is O=C(c1cc(O)ccc1O)C12CC3CC(CC(C3)C1)C2. The van der Waals surface area contributed by atoms with Crippen LogP contribution in [0.4, 0.5) is 0 Å². The Hall–Kier alpha value is -1.51. The van der Waals surface area contributed by atoms with Gasteiger partial charge >= 0.3 is 0 Å². The fourth-order valence-corrected chi connectivity index (χ4v) is 5.38. The van der Waals surface area contributed by atoms with Crippen LogP contribution in [0.25, 0.3) is 0 Å². The number of carbonyl (C=O) groups is 1. The van der Waals surface area contributed by atoms with Crippen LogP contribution in [-0.2, 0) is 0 Å².